The monoisotopic (exact) mass is 290 g/mol. The third-order valence-electron chi connectivity index (χ3n) is 3.05. The van der Waals surface area contributed by atoms with E-state index in [0.29, 0.717) is 17.1 Å². The van der Waals surface area contributed by atoms with E-state index in [1.165, 1.54) is 27.5 Å². The van der Waals surface area contributed by atoms with Crippen molar-refractivity contribution in [2.24, 2.45) is 7.05 Å². The third-order valence-corrected chi connectivity index (χ3v) is 3.05. The first-order valence-electron chi connectivity index (χ1n) is 6.01. The molecule has 0 saturated heterocycles. The number of methoxy groups -OCH3 is 2. The average Bonchev–Trinajstić information content (AvgIpc) is 2.48. The van der Waals surface area contributed by atoms with Crippen LogP contribution in [0.25, 0.3) is 11.1 Å². The maximum atomic E-state index is 11.9. The smallest absolute Gasteiger partial charge is 0.342 e. The molecule has 7 heteroatoms. The summed E-state index contributed by atoms with van der Waals surface area (Å²) in [6, 6.07) is 4.88. The van der Waals surface area contributed by atoms with Crippen LogP contribution in [0.3, 0.4) is 0 Å². The second-order valence-electron chi connectivity index (χ2n) is 4.24. The van der Waals surface area contributed by atoms with Crippen molar-refractivity contribution in [2.45, 2.75) is 0 Å². The predicted octanol–water partition coefficient (Wildman–Crippen LogP) is 1.16. The number of carbonyl (C=O) groups is 1. The number of aryl methyl sites for hydroxylation is 1. The standard InChI is InChI=1S/C14H14N2O5/c1-16-13(17)12(14(18)19)9(7-15-16)8-4-5-10(20-2)11(6-8)21-3/h4-7H,1-3H3,(H,18,19). The Bertz CT molecular complexity index is 752. The van der Waals surface area contributed by atoms with Gasteiger partial charge in [-0.2, -0.15) is 5.10 Å². The van der Waals surface area contributed by atoms with Gasteiger partial charge in [-0.15, -0.1) is 0 Å². The summed E-state index contributed by atoms with van der Waals surface area (Å²) < 4.78 is 11.3. The highest BCUT2D eigenvalue weighted by molar-refractivity contribution is 5.95. The Balaban J connectivity index is 2.70. The molecule has 0 aliphatic carbocycles. The second kappa shape index (κ2) is 5.66. The van der Waals surface area contributed by atoms with E-state index in [0.717, 1.165) is 4.68 Å². The molecule has 0 atom stereocenters. The number of ether oxygens (including phenoxy) is 2. The van der Waals surface area contributed by atoms with Gasteiger partial charge >= 0.3 is 5.97 Å². The zero-order chi connectivity index (χ0) is 15.6. The van der Waals surface area contributed by atoms with Crippen molar-refractivity contribution in [3.63, 3.8) is 0 Å². The normalized spacial score (nSPS) is 10.2. The Hall–Kier alpha value is -2.83. The molecule has 21 heavy (non-hydrogen) atoms. The maximum absolute atomic E-state index is 11.9. The number of carboxylic acid groups (broad SMARTS) is 1. The van der Waals surface area contributed by atoms with Crippen molar-refractivity contribution in [1.82, 2.24) is 9.78 Å². The molecule has 0 amide bonds. The van der Waals surface area contributed by atoms with Gasteiger partial charge in [-0.3, -0.25) is 4.79 Å². The van der Waals surface area contributed by atoms with Crippen molar-refractivity contribution in [1.29, 1.82) is 0 Å². The van der Waals surface area contributed by atoms with E-state index in [4.69, 9.17) is 9.47 Å². The first-order chi connectivity index (χ1) is 9.99. The molecule has 110 valence electrons. The lowest BCUT2D eigenvalue weighted by Crippen LogP contribution is -2.27. The quantitative estimate of drug-likeness (QED) is 0.908. The van der Waals surface area contributed by atoms with Gasteiger partial charge in [0, 0.05) is 12.6 Å². The van der Waals surface area contributed by atoms with E-state index < -0.39 is 11.5 Å². The van der Waals surface area contributed by atoms with E-state index in [1.54, 1.807) is 18.2 Å². The number of benzene rings is 1. The minimum atomic E-state index is -1.30. The van der Waals surface area contributed by atoms with Gasteiger partial charge in [0.15, 0.2) is 11.5 Å². The molecular formula is C14H14N2O5. The van der Waals surface area contributed by atoms with E-state index in [2.05, 4.69) is 5.10 Å². The van der Waals surface area contributed by atoms with Gasteiger partial charge < -0.3 is 14.6 Å². The van der Waals surface area contributed by atoms with Gasteiger partial charge in [-0.25, -0.2) is 9.48 Å². The minimum absolute atomic E-state index is 0.228. The predicted molar refractivity (Wildman–Crippen MR) is 75.0 cm³/mol. The molecular weight excluding hydrogens is 276 g/mol. The number of aromatic carboxylic acids is 1. The van der Waals surface area contributed by atoms with E-state index >= 15 is 0 Å². The lowest BCUT2D eigenvalue weighted by Gasteiger charge is -2.11. The number of aromatic nitrogens is 2. The molecule has 0 bridgehead atoms. The van der Waals surface area contributed by atoms with Crippen LogP contribution in [-0.4, -0.2) is 35.1 Å². The summed E-state index contributed by atoms with van der Waals surface area (Å²) in [5, 5.41) is 13.1. The molecule has 0 aliphatic heterocycles. The zero-order valence-corrected chi connectivity index (χ0v) is 11.8. The summed E-state index contributed by atoms with van der Waals surface area (Å²) in [5.74, 6) is -0.357. The summed E-state index contributed by atoms with van der Waals surface area (Å²) in [4.78, 5) is 23.3. The van der Waals surface area contributed by atoms with Crippen molar-refractivity contribution in [2.75, 3.05) is 14.2 Å². The van der Waals surface area contributed by atoms with Gasteiger partial charge in [-0.1, -0.05) is 6.07 Å². The fraction of sp³-hybridized carbons (Fsp3) is 0.214. The molecule has 7 nitrogen and oxygen atoms in total. The number of hydrogen-bond acceptors (Lipinski definition) is 5. The van der Waals surface area contributed by atoms with Crippen LogP contribution in [-0.2, 0) is 7.05 Å². The number of rotatable bonds is 4. The van der Waals surface area contributed by atoms with Gasteiger partial charge in [-0.05, 0) is 17.7 Å². The van der Waals surface area contributed by atoms with Crippen LogP contribution in [0.5, 0.6) is 11.5 Å². The summed E-state index contributed by atoms with van der Waals surface area (Å²) in [6.45, 7) is 0. The van der Waals surface area contributed by atoms with Crippen molar-refractivity contribution >= 4 is 5.97 Å². The van der Waals surface area contributed by atoms with Crippen LogP contribution in [0.15, 0.2) is 29.2 Å². The molecule has 0 spiro atoms. The van der Waals surface area contributed by atoms with Crippen LogP contribution < -0.4 is 15.0 Å². The third kappa shape index (κ3) is 2.58. The number of nitrogens with zero attached hydrogens (tertiary/aromatic N) is 2. The van der Waals surface area contributed by atoms with Crippen LogP contribution in [0.2, 0.25) is 0 Å². The van der Waals surface area contributed by atoms with Gasteiger partial charge in [0.1, 0.15) is 5.56 Å². The molecule has 0 radical (unpaired) electrons. The van der Waals surface area contributed by atoms with Crippen LogP contribution in [0.1, 0.15) is 10.4 Å². The highest BCUT2D eigenvalue weighted by Gasteiger charge is 2.19. The SMILES string of the molecule is COc1ccc(-c2cnn(C)c(=O)c2C(=O)O)cc1OC. The molecule has 1 aromatic carbocycles. The largest absolute Gasteiger partial charge is 0.493 e. The van der Waals surface area contributed by atoms with Crippen molar-refractivity contribution in [3.8, 4) is 22.6 Å². The molecule has 0 aliphatic rings. The average molecular weight is 290 g/mol. The minimum Gasteiger partial charge on any atom is -0.493 e. The molecule has 0 unspecified atom stereocenters. The summed E-state index contributed by atoms with van der Waals surface area (Å²) in [5.41, 5.74) is -0.267. The zero-order valence-electron chi connectivity index (χ0n) is 11.8. The lowest BCUT2D eigenvalue weighted by molar-refractivity contribution is 0.0694. The van der Waals surface area contributed by atoms with Gasteiger partial charge in [0.25, 0.3) is 5.56 Å². The highest BCUT2D eigenvalue weighted by atomic mass is 16.5. The number of hydrogen-bond donors (Lipinski definition) is 1. The molecule has 1 aromatic heterocycles. The topological polar surface area (TPSA) is 90.7 Å². The van der Waals surface area contributed by atoms with Crippen LogP contribution in [0.4, 0.5) is 0 Å². The first kappa shape index (κ1) is 14.6. The van der Waals surface area contributed by atoms with E-state index in [1.807, 2.05) is 0 Å². The van der Waals surface area contributed by atoms with E-state index in [9.17, 15) is 14.7 Å². The molecule has 0 fully saturated rings. The van der Waals surface area contributed by atoms with Gasteiger partial charge in [0.2, 0.25) is 0 Å². The van der Waals surface area contributed by atoms with Crippen LogP contribution in [0, 0.1) is 0 Å². The second-order valence-corrected chi connectivity index (χ2v) is 4.24. The summed E-state index contributed by atoms with van der Waals surface area (Å²) in [7, 11) is 4.37. The van der Waals surface area contributed by atoms with Crippen LogP contribution >= 0.6 is 0 Å². The number of carboxylic acids is 1. The molecule has 0 saturated carbocycles. The Labute approximate surface area is 120 Å². The van der Waals surface area contributed by atoms with E-state index in [-0.39, 0.29) is 11.1 Å². The maximum Gasteiger partial charge on any atom is 0.342 e. The Kier molecular flexibility index (Phi) is 3.93. The summed E-state index contributed by atoms with van der Waals surface area (Å²) >= 11 is 0. The molecule has 2 aromatic rings. The Morgan fingerprint density at radius 3 is 2.48 bits per heavy atom. The highest BCUT2D eigenvalue weighted by Crippen LogP contribution is 2.32. The Morgan fingerprint density at radius 2 is 1.90 bits per heavy atom. The molecule has 1 heterocycles. The Morgan fingerprint density at radius 1 is 1.24 bits per heavy atom. The molecule has 2 rings (SSSR count). The molecule has 1 N–H and O–H groups in total. The first-order valence-corrected chi connectivity index (χ1v) is 6.01. The summed E-state index contributed by atoms with van der Waals surface area (Å²) in [6.07, 6.45) is 1.34. The van der Waals surface area contributed by atoms with Crippen molar-refractivity contribution in [3.05, 3.63) is 40.3 Å². The van der Waals surface area contributed by atoms with Gasteiger partial charge in [0.05, 0.1) is 20.4 Å². The lowest BCUT2D eigenvalue weighted by atomic mass is 10.0. The fourth-order valence-electron chi connectivity index (χ4n) is 1.97. The van der Waals surface area contributed by atoms with Crippen molar-refractivity contribution < 1.29 is 19.4 Å². The fourth-order valence-corrected chi connectivity index (χ4v) is 1.97.